The molecule has 1 aliphatic heterocycles. The molecule has 0 bridgehead atoms. The van der Waals surface area contributed by atoms with Crippen molar-refractivity contribution in [1.29, 1.82) is 0 Å². The molecule has 4 aromatic rings. The van der Waals surface area contributed by atoms with E-state index in [0.717, 1.165) is 16.7 Å². The SMILES string of the molecule is Cc1nc2ccccn2c1C(O)=C1C(=O)C(=O)N(Cc2ccccc2)C1c1ccc(C(C)(C)C)cc1. The number of hydrogen-bond donors (Lipinski definition) is 1. The van der Waals surface area contributed by atoms with Crippen LogP contribution in [0, 0.1) is 6.92 Å². The van der Waals surface area contributed by atoms with Crippen molar-refractivity contribution in [3.63, 3.8) is 0 Å². The zero-order valence-electron chi connectivity index (χ0n) is 20.9. The number of nitrogens with zero attached hydrogens (tertiary/aromatic N) is 3. The van der Waals surface area contributed by atoms with Crippen LogP contribution in [0.2, 0.25) is 0 Å². The normalized spacial score (nSPS) is 17.8. The molecular formula is C30H29N3O3. The number of likely N-dealkylation sites (tertiary alicyclic amines) is 1. The predicted molar refractivity (Wildman–Crippen MR) is 139 cm³/mol. The van der Waals surface area contributed by atoms with E-state index in [1.165, 1.54) is 0 Å². The Bertz CT molecular complexity index is 1490. The summed E-state index contributed by atoms with van der Waals surface area (Å²) in [6.07, 6.45) is 1.79. The van der Waals surface area contributed by atoms with Crippen molar-refractivity contribution in [2.45, 2.75) is 45.7 Å². The average Bonchev–Trinajstić information content (AvgIpc) is 3.32. The minimum Gasteiger partial charge on any atom is -0.505 e. The monoisotopic (exact) mass is 479 g/mol. The largest absolute Gasteiger partial charge is 0.505 e. The summed E-state index contributed by atoms with van der Waals surface area (Å²) in [5, 5.41) is 11.6. The van der Waals surface area contributed by atoms with Crippen molar-refractivity contribution in [3.05, 3.63) is 113 Å². The lowest BCUT2D eigenvalue weighted by Crippen LogP contribution is -2.29. The fourth-order valence-electron chi connectivity index (χ4n) is 4.86. The number of rotatable bonds is 4. The Balaban J connectivity index is 1.70. The highest BCUT2D eigenvalue weighted by Gasteiger charge is 2.46. The van der Waals surface area contributed by atoms with Crippen LogP contribution < -0.4 is 0 Å². The van der Waals surface area contributed by atoms with E-state index >= 15 is 0 Å². The maximum atomic E-state index is 13.5. The molecular weight excluding hydrogens is 450 g/mol. The number of carbonyl (C=O) groups excluding carboxylic acids is 2. The summed E-state index contributed by atoms with van der Waals surface area (Å²) in [4.78, 5) is 32.9. The molecule has 1 N–H and O–H groups in total. The number of ketones is 1. The Hall–Kier alpha value is -4.19. The summed E-state index contributed by atoms with van der Waals surface area (Å²) < 4.78 is 1.75. The number of aryl methyl sites for hydroxylation is 1. The molecule has 0 aliphatic carbocycles. The van der Waals surface area contributed by atoms with Gasteiger partial charge in [-0.3, -0.25) is 14.0 Å². The van der Waals surface area contributed by atoms with Crippen LogP contribution in [0.3, 0.4) is 0 Å². The highest BCUT2D eigenvalue weighted by molar-refractivity contribution is 6.46. The van der Waals surface area contributed by atoms with E-state index in [1.54, 1.807) is 22.4 Å². The third kappa shape index (κ3) is 3.98. The fraction of sp³-hybridized carbons (Fsp3) is 0.233. The number of imidazole rings is 1. The van der Waals surface area contributed by atoms with Gasteiger partial charge in [-0.2, -0.15) is 0 Å². The van der Waals surface area contributed by atoms with Crippen molar-refractivity contribution < 1.29 is 14.7 Å². The summed E-state index contributed by atoms with van der Waals surface area (Å²) >= 11 is 0. The fourth-order valence-corrected chi connectivity index (χ4v) is 4.86. The third-order valence-corrected chi connectivity index (χ3v) is 6.76. The van der Waals surface area contributed by atoms with Gasteiger partial charge in [-0.05, 0) is 41.2 Å². The second kappa shape index (κ2) is 8.79. The molecule has 0 saturated carbocycles. The molecule has 0 radical (unpaired) electrons. The van der Waals surface area contributed by atoms with Crippen LogP contribution >= 0.6 is 0 Å². The van der Waals surface area contributed by atoms with E-state index in [4.69, 9.17) is 0 Å². The zero-order valence-corrected chi connectivity index (χ0v) is 20.9. The first-order valence-corrected chi connectivity index (χ1v) is 12.0. The van der Waals surface area contributed by atoms with Crippen LogP contribution in [0.25, 0.3) is 11.4 Å². The molecule has 6 heteroatoms. The number of aromatic nitrogens is 2. The number of Topliss-reactive ketones (excluding diaryl/α,β-unsaturated/α-hetero) is 1. The molecule has 1 amide bonds. The van der Waals surface area contributed by atoms with E-state index in [2.05, 4.69) is 25.8 Å². The summed E-state index contributed by atoms with van der Waals surface area (Å²) in [6.45, 7) is 8.44. The topological polar surface area (TPSA) is 74.9 Å². The van der Waals surface area contributed by atoms with E-state index in [1.807, 2.05) is 72.8 Å². The van der Waals surface area contributed by atoms with Crippen LogP contribution in [-0.4, -0.2) is 31.1 Å². The highest BCUT2D eigenvalue weighted by Crippen LogP contribution is 2.41. The summed E-state index contributed by atoms with van der Waals surface area (Å²) in [5.74, 6) is -1.54. The van der Waals surface area contributed by atoms with Crippen LogP contribution in [0.1, 0.15) is 54.9 Å². The molecule has 182 valence electrons. The van der Waals surface area contributed by atoms with Crippen LogP contribution in [0.15, 0.2) is 84.6 Å². The lowest BCUT2D eigenvalue weighted by atomic mass is 9.85. The maximum absolute atomic E-state index is 13.5. The lowest BCUT2D eigenvalue weighted by molar-refractivity contribution is -0.140. The molecule has 1 fully saturated rings. The summed E-state index contributed by atoms with van der Waals surface area (Å²) in [6, 6.07) is 22.3. The van der Waals surface area contributed by atoms with E-state index in [9.17, 15) is 14.7 Å². The summed E-state index contributed by atoms with van der Waals surface area (Å²) in [5.41, 5.74) is 4.50. The standard InChI is InChI=1S/C30H29N3O3/c1-19-25(32-17-9-8-12-23(32)31-19)27(34)24-26(21-13-15-22(16-14-21)30(2,3)4)33(29(36)28(24)35)18-20-10-6-5-7-11-20/h5-17,26,34H,18H2,1-4H3. The molecule has 1 saturated heterocycles. The van der Waals surface area contributed by atoms with Gasteiger partial charge in [0.1, 0.15) is 11.3 Å². The Kier molecular flexibility index (Phi) is 5.75. The number of pyridine rings is 1. The van der Waals surface area contributed by atoms with Gasteiger partial charge in [0.15, 0.2) is 5.76 Å². The first-order valence-electron chi connectivity index (χ1n) is 12.0. The van der Waals surface area contributed by atoms with Crippen molar-refractivity contribution in [3.8, 4) is 0 Å². The van der Waals surface area contributed by atoms with E-state index in [0.29, 0.717) is 17.0 Å². The number of aliphatic hydroxyl groups excluding tert-OH is 1. The van der Waals surface area contributed by atoms with Gasteiger partial charge >= 0.3 is 0 Å². The summed E-state index contributed by atoms with van der Waals surface area (Å²) in [7, 11) is 0. The molecule has 2 aromatic carbocycles. The molecule has 36 heavy (non-hydrogen) atoms. The number of hydrogen-bond acceptors (Lipinski definition) is 4. The Morgan fingerprint density at radius 1 is 0.944 bits per heavy atom. The molecule has 5 rings (SSSR count). The number of fused-ring (bicyclic) bond motifs is 1. The molecule has 1 aliphatic rings. The second-order valence-corrected chi connectivity index (χ2v) is 10.3. The van der Waals surface area contributed by atoms with Crippen LogP contribution in [-0.2, 0) is 21.5 Å². The van der Waals surface area contributed by atoms with E-state index < -0.39 is 17.7 Å². The molecule has 1 atom stereocenters. The van der Waals surface area contributed by atoms with Crippen molar-refractivity contribution >= 4 is 23.1 Å². The van der Waals surface area contributed by atoms with Gasteiger partial charge in [0.05, 0.1) is 17.3 Å². The third-order valence-electron chi connectivity index (χ3n) is 6.76. The van der Waals surface area contributed by atoms with Crippen LogP contribution in [0.5, 0.6) is 0 Å². The molecule has 1 unspecified atom stereocenters. The zero-order chi connectivity index (χ0) is 25.6. The van der Waals surface area contributed by atoms with Gasteiger partial charge in [0.2, 0.25) is 0 Å². The number of aliphatic hydroxyl groups is 1. The Morgan fingerprint density at radius 2 is 1.61 bits per heavy atom. The number of benzene rings is 2. The Morgan fingerprint density at radius 3 is 2.28 bits per heavy atom. The smallest absolute Gasteiger partial charge is 0.295 e. The first-order chi connectivity index (χ1) is 17.2. The molecule has 3 heterocycles. The predicted octanol–water partition coefficient (Wildman–Crippen LogP) is 5.56. The lowest BCUT2D eigenvalue weighted by Gasteiger charge is -2.26. The van der Waals surface area contributed by atoms with Gasteiger partial charge in [-0.15, -0.1) is 0 Å². The molecule has 2 aromatic heterocycles. The Labute approximate surface area is 210 Å². The van der Waals surface area contributed by atoms with Gasteiger partial charge in [0, 0.05) is 12.7 Å². The highest BCUT2D eigenvalue weighted by atomic mass is 16.3. The van der Waals surface area contributed by atoms with Gasteiger partial charge in [0.25, 0.3) is 11.7 Å². The molecule has 6 nitrogen and oxygen atoms in total. The van der Waals surface area contributed by atoms with Crippen LogP contribution in [0.4, 0.5) is 0 Å². The average molecular weight is 480 g/mol. The minimum atomic E-state index is -0.729. The van der Waals surface area contributed by atoms with Crippen molar-refractivity contribution in [2.24, 2.45) is 0 Å². The van der Waals surface area contributed by atoms with Gasteiger partial charge in [-0.1, -0.05) is 81.4 Å². The maximum Gasteiger partial charge on any atom is 0.295 e. The number of carbonyl (C=O) groups is 2. The quantitative estimate of drug-likeness (QED) is 0.236. The van der Waals surface area contributed by atoms with Gasteiger partial charge in [-0.25, -0.2) is 4.98 Å². The number of amides is 1. The van der Waals surface area contributed by atoms with Gasteiger partial charge < -0.3 is 10.0 Å². The van der Waals surface area contributed by atoms with Crippen molar-refractivity contribution in [2.75, 3.05) is 0 Å². The second-order valence-electron chi connectivity index (χ2n) is 10.3. The minimum absolute atomic E-state index is 0.0436. The van der Waals surface area contributed by atoms with Crippen molar-refractivity contribution in [1.82, 2.24) is 14.3 Å². The molecule has 0 spiro atoms. The van der Waals surface area contributed by atoms with E-state index in [-0.39, 0.29) is 23.3 Å². The first kappa shape index (κ1) is 23.5.